The predicted molar refractivity (Wildman–Crippen MR) is 99.9 cm³/mol. The van der Waals surface area contributed by atoms with Gasteiger partial charge in [-0.15, -0.1) is 5.10 Å². The molecular weight excluding hydrogens is 362 g/mol. The van der Waals surface area contributed by atoms with Gasteiger partial charge in [-0.2, -0.15) is 0 Å². The maximum atomic E-state index is 13.1. The van der Waals surface area contributed by atoms with Crippen LogP contribution in [0.4, 0.5) is 0 Å². The van der Waals surface area contributed by atoms with Crippen LogP contribution >= 0.6 is 0 Å². The molecule has 1 N–H and O–H groups in total. The highest BCUT2D eigenvalue weighted by Gasteiger charge is 2.28. The van der Waals surface area contributed by atoms with E-state index < -0.39 is 5.97 Å². The Kier molecular flexibility index (Phi) is 6.03. The van der Waals surface area contributed by atoms with Crippen LogP contribution in [-0.4, -0.2) is 73.4 Å². The fourth-order valence-electron chi connectivity index (χ4n) is 3.60. The van der Waals surface area contributed by atoms with Gasteiger partial charge < -0.3 is 14.9 Å². The summed E-state index contributed by atoms with van der Waals surface area (Å²) in [5.41, 5.74) is 1.18. The molecule has 1 unspecified atom stereocenters. The number of aliphatic carboxylic acids is 1. The number of carboxylic acid groups (broad SMARTS) is 1. The lowest BCUT2D eigenvalue weighted by atomic mass is 10.1. The zero-order valence-electron chi connectivity index (χ0n) is 15.7. The Morgan fingerprint density at radius 3 is 2.68 bits per heavy atom. The number of rotatable bonds is 5. The van der Waals surface area contributed by atoms with E-state index in [1.165, 1.54) is 11.8 Å². The van der Waals surface area contributed by atoms with Gasteiger partial charge in [-0.1, -0.05) is 17.3 Å². The number of carboxylic acids is 1. The number of benzene rings is 1. The summed E-state index contributed by atoms with van der Waals surface area (Å²) >= 11 is 0. The first-order chi connectivity index (χ1) is 13.5. The van der Waals surface area contributed by atoms with E-state index in [2.05, 4.69) is 10.3 Å². The van der Waals surface area contributed by atoms with E-state index in [0.717, 1.165) is 0 Å². The number of carbonyl (C=O) groups excluding carboxylic acids is 2. The molecular formula is C19H23N5O4. The molecule has 0 radical (unpaired) electrons. The standard InChI is InChI=1S/C19H23N5O4/c1-14(25)23(13-18(26)27)15-5-4-10-22(11-8-15)19(28)16-6-2-3-7-17(16)24-12-9-20-21-24/h2-3,6-7,9,12,15H,4-5,8,10-11,13H2,1H3,(H,26,27). The molecule has 0 bridgehead atoms. The van der Waals surface area contributed by atoms with Gasteiger partial charge in [0.15, 0.2) is 0 Å². The van der Waals surface area contributed by atoms with Crippen LogP contribution in [0.15, 0.2) is 36.7 Å². The van der Waals surface area contributed by atoms with Gasteiger partial charge in [0.1, 0.15) is 6.54 Å². The molecule has 1 fully saturated rings. The first-order valence-corrected chi connectivity index (χ1v) is 9.21. The van der Waals surface area contributed by atoms with Crippen LogP contribution in [0.2, 0.25) is 0 Å². The van der Waals surface area contributed by atoms with Crippen LogP contribution in [0.25, 0.3) is 5.69 Å². The number of likely N-dealkylation sites (tertiary alicyclic amines) is 1. The summed E-state index contributed by atoms with van der Waals surface area (Å²) in [6.07, 6.45) is 5.15. The third-order valence-corrected chi connectivity index (χ3v) is 4.94. The van der Waals surface area contributed by atoms with Gasteiger partial charge in [-0.3, -0.25) is 14.4 Å². The zero-order valence-corrected chi connectivity index (χ0v) is 15.7. The van der Waals surface area contributed by atoms with E-state index in [1.54, 1.807) is 34.1 Å². The van der Waals surface area contributed by atoms with Crippen molar-refractivity contribution >= 4 is 17.8 Å². The van der Waals surface area contributed by atoms with E-state index in [1.807, 2.05) is 12.1 Å². The molecule has 148 valence electrons. The molecule has 0 saturated carbocycles. The highest BCUT2D eigenvalue weighted by molar-refractivity contribution is 5.97. The summed E-state index contributed by atoms with van der Waals surface area (Å²) in [5.74, 6) is -1.41. The molecule has 2 heterocycles. The van der Waals surface area contributed by atoms with E-state index in [0.29, 0.717) is 43.6 Å². The van der Waals surface area contributed by atoms with Crippen LogP contribution in [0.5, 0.6) is 0 Å². The van der Waals surface area contributed by atoms with Crippen molar-refractivity contribution in [3.05, 3.63) is 42.2 Å². The average molecular weight is 385 g/mol. The van der Waals surface area contributed by atoms with Crippen molar-refractivity contribution in [1.29, 1.82) is 0 Å². The Morgan fingerprint density at radius 1 is 1.21 bits per heavy atom. The van der Waals surface area contributed by atoms with Crippen molar-refractivity contribution in [2.75, 3.05) is 19.6 Å². The van der Waals surface area contributed by atoms with Gasteiger partial charge in [-0.25, -0.2) is 4.68 Å². The highest BCUT2D eigenvalue weighted by Crippen LogP contribution is 2.21. The smallest absolute Gasteiger partial charge is 0.323 e. The summed E-state index contributed by atoms with van der Waals surface area (Å²) in [7, 11) is 0. The Labute approximate surface area is 162 Å². The molecule has 9 nitrogen and oxygen atoms in total. The predicted octanol–water partition coefficient (Wildman–Crippen LogP) is 1.20. The van der Waals surface area contributed by atoms with Crippen molar-refractivity contribution in [2.45, 2.75) is 32.2 Å². The van der Waals surface area contributed by atoms with Gasteiger partial charge in [0.2, 0.25) is 5.91 Å². The Morgan fingerprint density at radius 2 is 2.00 bits per heavy atom. The van der Waals surface area contributed by atoms with Gasteiger partial charge >= 0.3 is 5.97 Å². The molecule has 9 heteroatoms. The summed E-state index contributed by atoms with van der Waals surface area (Å²) in [5, 5.41) is 16.8. The quantitative estimate of drug-likeness (QED) is 0.828. The average Bonchev–Trinajstić information content (AvgIpc) is 3.10. The molecule has 1 aromatic carbocycles. The molecule has 2 aromatic rings. The van der Waals surface area contributed by atoms with Crippen LogP contribution < -0.4 is 0 Å². The lowest BCUT2D eigenvalue weighted by Crippen LogP contribution is -2.43. The first-order valence-electron chi connectivity index (χ1n) is 9.21. The number of carbonyl (C=O) groups is 3. The van der Waals surface area contributed by atoms with Crippen molar-refractivity contribution in [1.82, 2.24) is 24.8 Å². The number of hydrogen-bond acceptors (Lipinski definition) is 5. The fourth-order valence-corrected chi connectivity index (χ4v) is 3.60. The zero-order chi connectivity index (χ0) is 20.1. The summed E-state index contributed by atoms with van der Waals surface area (Å²) in [4.78, 5) is 39.2. The Hall–Kier alpha value is -3.23. The highest BCUT2D eigenvalue weighted by atomic mass is 16.4. The van der Waals surface area contributed by atoms with Crippen LogP contribution in [0.1, 0.15) is 36.5 Å². The minimum Gasteiger partial charge on any atom is -0.480 e. The topological polar surface area (TPSA) is 109 Å². The summed E-state index contributed by atoms with van der Waals surface area (Å²) in [6.45, 7) is 2.08. The van der Waals surface area contributed by atoms with E-state index in [4.69, 9.17) is 5.11 Å². The second-order valence-electron chi connectivity index (χ2n) is 6.78. The molecule has 0 aliphatic carbocycles. The van der Waals surface area contributed by atoms with Gasteiger partial charge in [0.05, 0.1) is 23.6 Å². The third kappa shape index (κ3) is 4.36. The monoisotopic (exact) mass is 385 g/mol. The maximum Gasteiger partial charge on any atom is 0.323 e. The van der Waals surface area contributed by atoms with Crippen molar-refractivity contribution < 1.29 is 19.5 Å². The second kappa shape index (κ2) is 8.64. The van der Waals surface area contributed by atoms with E-state index >= 15 is 0 Å². The van der Waals surface area contributed by atoms with Crippen LogP contribution in [0, 0.1) is 0 Å². The fraction of sp³-hybridized carbons (Fsp3) is 0.421. The normalized spacial score (nSPS) is 17.0. The second-order valence-corrected chi connectivity index (χ2v) is 6.78. The van der Waals surface area contributed by atoms with E-state index in [-0.39, 0.29) is 24.4 Å². The minimum absolute atomic E-state index is 0.112. The number of para-hydroxylation sites is 1. The number of aromatic nitrogens is 3. The molecule has 3 rings (SSSR count). The van der Waals surface area contributed by atoms with Crippen LogP contribution in [-0.2, 0) is 9.59 Å². The number of nitrogens with zero attached hydrogens (tertiary/aromatic N) is 5. The van der Waals surface area contributed by atoms with Crippen molar-refractivity contribution in [3.63, 3.8) is 0 Å². The van der Waals surface area contributed by atoms with E-state index in [9.17, 15) is 14.4 Å². The van der Waals surface area contributed by atoms with Gasteiger partial charge in [-0.05, 0) is 31.4 Å². The number of hydrogen-bond donors (Lipinski definition) is 1. The Balaban J connectivity index is 1.75. The van der Waals surface area contributed by atoms with Crippen molar-refractivity contribution in [2.24, 2.45) is 0 Å². The maximum absolute atomic E-state index is 13.1. The summed E-state index contributed by atoms with van der Waals surface area (Å²) in [6, 6.07) is 7.03. The van der Waals surface area contributed by atoms with Crippen LogP contribution in [0.3, 0.4) is 0 Å². The molecule has 1 aliphatic heterocycles. The molecule has 1 aliphatic rings. The SMILES string of the molecule is CC(=O)N(CC(=O)O)C1CCCN(C(=O)c2ccccc2-n2ccnn2)CC1. The molecule has 2 amide bonds. The first kappa shape index (κ1) is 19.5. The molecule has 1 aromatic heterocycles. The molecule has 0 spiro atoms. The molecule has 28 heavy (non-hydrogen) atoms. The largest absolute Gasteiger partial charge is 0.480 e. The number of amides is 2. The van der Waals surface area contributed by atoms with Gasteiger partial charge in [0.25, 0.3) is 5.91 Å². The molecule has 1 atom stereocenters. The lowest BCUT2D eigenvalue weighted by molar-refractivity contribution is -0.145. The summed E-state index contributed by atoms with van der Waals surface area (Å²) < 4.78 is 1.55. The molecule has 1 saturated heterocycles. The lowest BCUT2D eigenvalue weighted by Gasteiger charge is -2.29. The van der Waals surface area contributed by atoms with Crippen molar-refractivity contribution in [3.8, 4) is 5.69 Å². The Bertz CT molecular complexity index is 852. The minimum atomic E-state index is -1.03. The third-order valence-electron chi connectivity index (χ3n) is 4.94. The van der Waals surface area contributed by atoms with Gasteiger partial charge in [0, 0.05) is 26.1 Å².